The molecule has 0 atom stereocenters. The van der Waals surface area contributed by atoms with Gasteiger partial charge in [-0.15, -0.1) is 0 Å². The Morgan fingerprint density at radius 1 is 1.25 bits per heavy atom. The highest BCUT2D eigenvalue weighted by molar-refractivity contribution is 5.72. The van der Waals surface area contributed by atoms with Crippen LogP contribution in [0.25, 0.3) is 5.57 Å². The van der Waals surface area contributed by atoms with Crippen molar-refractivity contribution in [2.45, 2.75) is 13.3 Å². The summed E-state index contributed by atoms with van der Waals surface area (Å²) in [6.45, 7) is 6.13. The summed E-state index contributed by atoms with van der Waals surface area (Å²) in [5.74, 6) is 0. The Morgan fingerprint density at radius 2 is 2.00 bits per heavy atom. The van der Waals surface area contributed by atoms with Gasteiger partial charge in [0.15, 0.2) is 0 Å². The second kappa shape index (κ2) is 2.63. The summed E-state index contributed by atoms with van der Waals surface area (Å²) >= 11 is 0. The third kappa shape index (κ3) is 1.10. The average molecular weight is 156 g/mol. The Labute approximate surface area is 73.2 Å². The molecule has 1 aliphatic rings. The number of rotatable bonds is 0. The van der Waals surface area contributed by atoms with E-state index in [0.29, 0.717) is 0 Å². The molecule has 0 saturated heterocycles. The van der Waals surface area contributed by atoms with E-state index in [0.717, 1.165) is 6.42 Å². The number of allylic oxidation sites excluding steroid dienone is 3. The summed E-state index contributed by atoms with van der Waals surface area (Å²) in [4.78, 5) is 0. The van der Waals surface area contributed by atoms with Crippen LogP contribution in [-0.2, 0) is 6.42 Å². The maximum atomic E-state index is 3.99. The van der Waals surface area contributed by atoms with Crippen LogP contribution in [0.5, 0.6) is 0 Å². The largest absolute Gasteiger partial charge is 0.0955 e. The Hall–Kier alpha value is -1.30. The Morgan fingerprint density at radius 3 is 2.83 bits per heavy atom. The predicted octanol–water partition coefficient (Wildman–Crippen LogP) is 3.20. The van der Waals surface area contributed by atoms with Crippen molar-refractivity contribution < 1.29 is 0 Å². The molecule has 0 radical (unpaired) electrons. The Kier molecular flexibility index (Phi) is 1.61. The van der Waals surface area contributed by atoms with Crippen molar-refractivity contribution in [3.63, 3.8) is 0 Å². The lowest BCUT2D eigenvalue weighted by Crippen LogP contribution is -1.98. The monoisotopic (exact) mass is 156 g/mol. The van der Waals surface area contributed by atoms with E-state index in [9.17, 15) is 0 Å². The van der Waals surface area contributed by atoms with E-state index in [1.807, 2.05) is 0 Å². The first-order valence-electron chi connectivity index (χ1n) is 4.22. The van der Waals surface area contributed by atoms with Gasteiger partial charge in [0.2, 0.25) is 0 Å². The highest BCUT2D eigenvalue weighted by atomic mass is 14.1. The zero-order valence-electron chi connectivity index (χ0n) is 7.30. The summed E-state index contributed by atoms with van der Waals surface area (Å²) in [6, 6.07) is 8.53. The fourth-order valence-corrected chi connectivity index (χ4v) is 1.74. The molecule has 0 heterocycles. The van der Waals surface area contributed by atoms with E-state index in [2.05, 4.69) is 43.8 Å². The highest BCUT2D eigenvalue weighted by Crippen LogP contribution is 2.27. The Balaban J connectivity index is 2.60. The Bertz CT molecular complexity index is 356. The smallest absolute Gasteiger partial charge is 0.00255 e. The van der Waals surface area contributed by atoms with Gasteiger partial charge in [-0.05, 0) is 30.0 Å². The van der Waals surface area contributed by atoms with Crippen LogP contribution in [0.1, 0.15) is 18.1 Å². The van der Waals surface area contributed by atoms with Crippen LogP contribution < -0.4 is 0 Å². The first kappa shape index (κ1) is 7.35. The summed E-state index contributed by atoms with van der Waals surface area (Å²) in [6.07, 6.45) is 3.18. The summed E-state index contributed by atoms with van der Waals surface area (Å²) < 4.78 is 0. The molecule has 0 spiro atoms. The van der Waals surface area contributed by atoms with Gasteiger partial charge in [0, 0.05) is 0 Å². The third-order valence-electron chi connectivity index (χ3n) is 2.28. The van der Waals surface area contributed by atoms with Gasteiger partial charge in [0.25, 0.3) is 0 Å². The lowest BCUT2D eigenvalue weighted by Gasteiger charge is -2.15. The molecule has 1 aliphatic carbocycles. The van der Waals surface area contributed by atoms with Crippen molar-refractivity contribution in [2.24, 2.45) is 0 Å². The minimum absolute atomic E-state index is 1.01. The molecule has 0 fully saturated rings. The molecule has 0 aromatic heterocycles. The van der Waals surface area contributed by atoms with Gasteiger partial charge in [-0.2, -0.15) is 0 Å². The van der Waals surface area contributed by atoms with Gasteiger partial charge in [0.05, 0.1) is 0 Å². The number of hydrogen-bond acceptors (Lipinski definition) is 0. The van der Waals surface area contributed by atoms with Crippen molar-refractivity contribution in [1.29, 1.82) is 0 Å². The number of fused-ring (bicyclic) bond motifs is 1. The molecule has 0 nitrogen and oxygen atoms in total. The van der Waals surface area contributed by atoms with Crippen molar-refractivity contribution in [3.8, 4) is 0 Å². The van der Waals surface area contributed by atoms with Crippen LogP contribution in [0.15, 0.2) is 42.5 Å². The molecule has 2 rings (SSSR count). The molecule has 12 heavy (non-hydrogen) atoms. The third-order valence-corrected chi connectivity index (χ3v) is 2.28. The molecular weight excluding hydrogens is 144 g/mol. The second-order valence-corrected chi connectivity index (χ2v) is 3.32. The first-order valence-corrected chi connectivity index (χ1v) is 4.22. The predicted molar refractivity (Wildman–Crippen MR) is 52.9 cm³/mol. The summed E-state index contributed by atoms with van der Waals surface area (Å²) in [7, 11) is 0. The van der Waals surface area contributed by atoms with Gasteiger partial charge in [-0.1, -0.05) is 42.5 Å². The molecular formula is C12H12. The molecule has 0 saturated carbocycles. The standard InChI is InChI=1S/C12H12/c1-9-7-10(2)12-6-4-3-5-11(12)8-9/h3-7H,1,8H2,2H3. The fraction of sp³-hybridized carbons (Fsp3) is 0.167. The lowest BCUT2D eigenvalue weighted by molar-refractivity contribution is 1.16. The highest BCUT2D eigenvalue weighted by Gasteiger charge is 2.09. The van der Waals surface area contributed by atoms with Gasteiger partial charge < -0.3 is 0 Å². The van der Waals surface area contributed by atoms with Gasteiger partial charge in [-0.3, -0.25) is 0 Å². The van der Waals surface area contributed by atoms with E-state index >= 15 is 0 Å². The van der Waals surface area contributed by atoms with Crippen molar-refractivity contribution in [2.75, 3.05) is 0 Å². The lowest BCUT2D eigenvalue weighted by atomic mass is 9.90. The molecule has 60 valence electrons. The molecule has 1 aromatic rings. The normalized spacial score (nSPS) is 15.4. The van der Waals surface area contributed by atoms with E-state index < -0.39 is 0 Å². The van der Waals surface area contributed by atoms with Gasteiger partial charge >= 0.3 is 0 Å². The first-order chi connectivity index (χ1) is 5.77. The zero-order valence-corrected chi connectivity index (χ0v) is 7.30. The number of benzene rings is 1. The molecule has 0 heteroatoms. The van der Waals surface area contributed by atoms with Crippen molar-refractivity contribution in [3.05, 3.63) is 53.6 Å². The van der Waals surface area contributed by atoms with Crippen LogP contribution >= 0.6 is 0 Å². The van der Waals surface area contributed by atoms with Gasteiger partial charge in [-0.25, -0.2) is 0 Å². The van der Waals surface area contributed by atoms with Crippen LogP contribution in [-0.4, -0.2) is 0 Å². The maximum Gasteiger partial charge on any atom is -0.00255 e. The summed E-state index contributed by atoms with van der Waals surface area (Å²) in [5.41, 5.74) is 5.33. The minimum atomic E-state index is 1.01. The van der Waals surface area contributed by atoms with E-state index in [1.54, 1.807) is 0 Å². The average Bonchev–Trinajstić information content (AvgIpc) is 2.04. The molecule has 1 aromatic carbocycles. The number of hydrogen-bond donors (Lipinski definition) is 0. The maximum absolute atomic E-state index is 3.99. The topological polar surface area (TPSA) is 0 Å². The van der Waals surface area contributed by atoms with Crippen LogP contribution in [0.3, 0.4) is 0 Å². The van der Waals surface area contributed by atoms with Crippen LogP contribution in [0.4, 0.5) is 0 Å². The molecule has 0 N–H and O–H groups in total. The molecule has 0 aliphatic heterocycles. The minimum Gasteiger partial charge on any atom is -0.0955 e. The molecule has 0 unspecified atom stereocenters. The van der Waals surface area contributed by atoms with E-state index in [-0.39, 0.29) is 0 Å². The van der Waals surface area contributed by atoms with Crippen LogP contribution in [0, 0.1) is 0 Å². The quantitative estimate of drug-likeness (QED) is 0.541. The van der Waals surface area contributed by atoms with E-state index in [4.69, 9.17) is 0 Å². The van der Waals surface area contributed by atoms with Crippen LogP contribution in [0.2, 0.25) is 0 Å². The van der Waals surface area contributed by atoms with E-state index in [1.165, 1.54) is 22.3 Å². The van der Waals surface area contributed by atoms with Gasteiger partial charge in [0.1, 0.15) is 0 Å². The fourth-order valence-electron chi connectivity index (χ4n) is 1.74. The van der Waals surface area contributed by atoms with Crippen molar-refractivity contribution >= 4 is 5.57 Å². The zero-order chi connectivity index (χ0) is 8.55. The molecule has 0 bridgehead atoms. The second-order valence-electron chi connectivity index (χ2n) is 3.32. The summed E-state index contributed by atoms with van der Waals surface area (Å²) in [5, 5.41) is 0. The SMILES string of the molecule is C=C1C=C(C)c2ccccc2C1. The van der Waals surface area contributed by atoms with Crippen molar-refractivity contribution in [1.82, 2.24) is 0 Å². The molecule has 0 amide bonds.